The summed E-state index contributed by atoms with van der Waals surface area (Å²) < 4.78 is 61.5. The Balaban J connectivity index is 4.79. The van der Waals surface area contributed by atoms with Crippen molar-refractivity contribution < 1.29 is 26.2 Å². The molecule has 0 aliphatic carbocycles. The van der Waals surface area contributed by atoms with Gasteiger partial charge in [-0.15, -0.1) is 0 Å². The third-order valence-corrected chi connectivity index (χ3v) is 2.38. The smallest absolute Gasteiger partial charge is 0.256 e. The van der Waals surface area contributed by atoms with Gasteiger partial charge in [0.25, 0.3) is 7.66 Å². The molecule has 8 heteroatoms. The Morgan fingerprint density at radius 1 is 1.22 bits per heavy atom. The van der Waals surface area contributed by atoms with Gasteiger partial charge in [0.05, 0.1) is 0 Å². The van der Waals surface area contributed by atoms with E-state index in [1.807, 2.05) is 0 Å². The van der Waals surface area contributed by atoms with Crippen LogP contribution in [0.3, 0.4) is 0 Å². The second-order valence-corrected chi connectivity index (χ2v) is 4.45. The van der Waals surface area contributed by atoms with Gasteiger partial charge < -0.3 is 0 Å². The van der Waals surface area contributed by atoms with Crippen LogP contribution in [0.2, 0.25) is 0 Å². The third-order valence-electron chi connectivity index (χ3n) is 0.391. The molecule has 0 heterocycles. The van der Waals surface area contributed by atoms with Gasteiger partial charge in [-0.05, 0) is 0 Å². The van der Waals surface area contributed by atoms with Crippen molar-refractivity contribution in [1.29, 1.82) is 0 Å². The molecule has 0 saturated carbocycles. The van der Waals surface area contributed by atoms with E-state index < -0.39 is 22.6 Å². The van der Waals surface area contributed by atoms with Gasteiger partial charge >= 0.3 is 15.0 Å². The van der Waals surface area contributed by atoms with E-state index in [-0.39, 0.29) is 0 Å². The van der Waals surface area contributed by atoms with Crippen molar-refractivity contribution in [3.63, 3.8) is 0 Å². The zero-order valence-electron chi connectivity index (χ0n) is 3.71. The van der Waals surface area contributed by atoms with Gasteiger partial charge in [-0.2, -0.15) is 13.2 Å². The van der Waals surface area contributed by atoms with Crippen molar-refractivity contribution >= 4 is 17.1 Å². The van der Waals surface area contributed by atoms with Crippen molar-refractivity contribution in [3.05, 3.63) is 0 Å². The molecule has 0 amide bonds. The van der Waals surface area contributed by atoms with Crippen molar-refractivity contribution in [3.8, 4) is 0 Å². The van der Waals surface area contributed by atoms with E-state index in [1.165, 1.54) is 0 Å². The maximum atomic E-state index is 11.0. The number of hydrogen-bond acceptors (Lipinski definition) is 3. The van der Waals surface area contributed by atoms with Crippen LogP contribution in [0.15, 0.2) is 0 Å². The first kappa shape index (κ1) is 8.84. The normalized spacial score (nSPS) is 14.1. The van der Waals surface area contributed by atoms with Gasteiger partial charge in [0, 0.05) is 0 Å². The number of rotatable bonds is 1. The van der Waals surface area contributed by atoms with Crippen molar-refractivity contribution in [2.45, 2.75) is 5.51 Å². The fraction of sp³-hybridized carbons (Fsp3) is 1.00. The van der Waals surface area contributed by atoms with E-state index in [0.29, 0.717) is 0 Å². The standard InChI is InChI=1S/CF3O3PS/c2-1(3,4)9(6,7)8-5. The zero-order chi connectivity index (χ0) is 7.71. The molecule has 0 aromatic heterocycles. The topological polar surface area (TPSA) is 51.2 Å². The molecule has 0 radical (unpaired) electrons. The molecule has 0 aromatic rings. The molecule has 0 rings (SSSR count). The quantitative estimate of drug-likeness (QED) is 0.568. The van der Waals surface area contributed by atoms with Crippen LogP contribution in [0.4, 0.5) is 13.2 Å². The largest absolute Gasteiger partial charge is 0.508 e. The first-order valence-corrected chi connectivity index (χ1v) is 4.37. The molecule has 3 nitrogen and oxygen atoms in total. The molecular formula is CF3O3PS. The maximum Gasteiger partial charge on any atom is 0.508 e. The summed E-state index contributed by atoms with van der Waals surface area (Å²) in [5.41, 5.74) is -5.41. The molecule has 0 saturated heterocycles. The maximum absolute atomic E-state index is 11.0. The van der Waals surface area contributed by atoms with Crippen molar-refractivity contribution in [1.82, 2.24) is 0 Å². The SMILES string of the molecule is O=PS(=O)(=O)C(F)(F)F. The van der Waals surface area contributed by atoms with E-state index in [1.54, 1.807) is 0 Å². The lowest BCUT2D eigenvalue weighted by Crippen LogP contribution is -2.16. The van der Waals surface area contributed by atoms with Crippen LogP contribution in [-0.2, 0) is 14.0 Å². The minimum atomic E-state index is -5.42. The van der Waals surface area contributed by atoms with E-state index in [4.69, 9.17) is 0 Å². The molecule has 0 aliphatic rings. The summed E-state index contributed by atoms with van der Waals surface area (Å²) in [4.78, 5) is 0. The molecule has 54 valence electrons. The van der Waals surface area contributed by atoms with Gasteiger partial charge in [-0.3, -0.25) is 4.57 Å². The minimum Gasteiger partial charge on any atom is -0.256 e. The Labute approximate surface area is 49.7 Å². The Morgan fingerprint density at radius 2 is 1.56 bits per heavy atom. The fourth-order valence-corrected chi connectivity index (χ4v) is 0.380. The molecule has 0 atom stereocenters. The molecule has 0 fully saturated rings. The third kappa shape index (κ3) is 1.91. The molecule has 9 heavy (non-hydrogen) atoms. The highest BCUT2D eigenvalue weighted by Crippen LogP contribution is 2.30. The average Bonchev–Trinajstić information content (AvgIpc) is 1.64. The van der Waals surface area contributed by atoms with E-state index >= 15 is 0 Å². The van der Waals surface area contributed by atoms with Crippen LogP contribution in [-0.4, -0.2) is 13.9 Å². The van der Waals surface area contributed by atoms with Crippen LogP contribution in [0.25, 0.3) is 0 Å². The van der Waals surface area contributed by atoms with Crippen LogP contribution in [0.5, 0.6) is 0 Å². The summed E-state index contributed by atoms with van der Waals surface area (Å²) in [6, 6.07) is 0. The summed E-state index contributed by atoms with van der Waals surface area (Å²) in [6.07, 6.45) is 0. The van der Waals surface area contributed by atoms with Gasteiger partial charge in [0.1, 0.15) is 0 Å². The summed E-state index contributed by atoms with van der Waals surface area (Å²) in [7, 11) is -7.34. The predicted molar refractivity (Wildman–Crippen MR) is 22.6 cm³/mol. The lowest BCUT2D eigenvalue weighted by molar-refractivity contribution is -0.0411. The van der Waals surface area contributed by atoms with Gasteiger partial charge in [-0.25, -0.2) is 8.42 Å². The van der Waals surface area contributed by atoms with Crippen LogP contribution < -0.4 is 0 Å². The lowest BCUT2D eigenvalue weighted by Gasteiger charge is -1.97. The monoisotopic (exact) mass is 180 g/mol. The number of halogens is 3. The molecule has 0 bridgehead atoms. The summed E-state index contributed by atoms with van der Waals surface area (Å²) in [6.45, 7) is 0. The minimum absolute atomic E-state index is 1.92. The summed E-state index contributed by atoms with van der Waals surface area (Å²) in [5, 5.41) is 0. The second-order valence-electron chi connectivity index (χ2n) is 0.995. The van der Waals surface area contributed by atoms with Gasteiger partial charge in [-0.1, -0.05) is 0 Å². The zero-order valence-corrected chi connectivity index (χ0v) is 5.43. The molecule has 0 spiro atoms. The molecular weight excluding hydrogens is 180 g/mol. The Kier molecular flexibility index (Phi) is 2.19. The Bertz CT molecular complexity index is 202. The summed E-state index contributed by atoms with van der Waals surface area (Å²) >= 11 is 0. The highest BCUT2D eigenvalue weighted by atomic mass is 32.7. The second kappa shape index (κ2) is 2.22. The van der Waals surface area contributed by atoms with Crippen LogP contribution in [0, 0.1) is 0 Å². The van der Waals surface area contributed by atoms with Crippen LogP contribution >= 0.6 is 7.66 Å². The first-order chi connectivity index (χ1) is 3.81. The molecule has 0 aliphatic heterocycles. The highest BCUT2D eigenvalue weighted by Gasteiger charge is 2.46. The molecule has 0 unspecified atom stereocenters. The fourth-order valence-electron chi connectivity index (χ4n) is 0.0423. The predicted octanol–water partition coefficient (Wildman–Crippen LogP) is 1.13. The lowest BCUT2D eigenvalue weighted by atomic mass is 11.6. The van der Waals surface area contributed by atoms with E-state index in [0.717, 1.165) is 0 Å². The van der Waals surface area contributed by atoms with Crippen molar-refractivity contribution in [2.24, 2.45) is 0 Å². The number of alkyl halides is 3. The van der Waals surface area contributed by atoms with E-state index in [9.17, 15) is 26.2 Å². The molecule has 0 aromatic carbocycles. The van der Waals surface area contributed by atoms with Gasteiger partial charge in [0.15, 0.2) is 0 Å². The first-order valence-electron chi connectivity index (χ1n) is 1.47. The Hall–Kier alpha value is -0.160. The summed E-state index contributed by atoms with van der Waals surface area (Å²) in [5.74, 6) is 0. The highest BCUT2D eigenvalue weighted by molar-refractivity contribution is 8.40. The molecule has 0 N–H and O–H groups in total. The number of hydrogen-bond donors (Lipinski definition) is 0. The van der Waals surface area contributed by atoms with Gasteiger partial charge in [0.2, 0.25) is 0 Å². The van der Waals surface area contributed by atoms with Crippen LogP contribution in [0.1, 0.15) is 0 Å². The Morgan fingerprint density at radius 3 is 1.56 bits per heavy atom. The van der Waals surface area contributed by atoms with Crippen molar-refractivity contribution in [2.75, 3.05) is 0 Å². The van der Waals surface area contributed by atoms with E-state index in [2.05, 4.69) is 0 Å². The average molecular weight is 180 g/mol.